The average Bonchev–Trinajstić information content (AvgIpc) is 3.10. The molecule has 1 spiro atoms. The number of carbonyl (C=O) groups excluding carboxylic acids is 1. The second-order valence-corrected chi connectivity index (χ2v) is 7.86. The molecule has 1 aliphatic heterocycles. The third-order valence-corrected chi connectivity index (χ3v) is 6.43. The molecule has 3 atom stereocenters. The van der Waals surface area contributed by atoms with Gasteiger partial charge in [-0.05, 0) is 68.5 Å². The molecule has 1 amide bonds. The fraction of sp³-hybridized carbons (Fsp3) is 0.650. The monoisotopic (exact) mass is 312 g/mol. The van der Waals surface area contributed by atoms with Crippen molar-refractivity contribution < 1.29 is 4.79 Å². The van der Waals surface area contributed by atoms with Gasteiger partial charge in [0.2, 0.25) is 5.91 Å². The molecule has 0 bridgehead atoms. The average molecular weight is 312 g/mol. The van der Waals surface area contributed by atoms with Crippen molar-refractivity contribution >= 4 is 5.91 Å². The third-order valence-electron chi connectivity index (χ3n) is 6.43. The first kappa shape index (κ1) is 15.2. The summed E-state index contributed by atoms with van der Waals surface area (Å²) in [4.78, 5) is 12.7. The molecule has 1 heterocycles. The van der Waals surface area contributed by atoms with Gasteiger partial charge in [-0.1, -0.05) is 36.8 Å². The maximum Gasteiger partial charge on any atom is 0.223 e. The zero-order chi connectivity index (χ0) is 15.7. The van der Waals surface area contributed by atoms with Crippen LogP contribution in [-0.2, 0) is 11.2 Å². The first-order valence-electron chi connectivity index (χ1n) is 9.32. The van der Waals surface area contributed by atoms with Crippen LogP contribution < -0.4 is 10.6 Å². The predicted molar refractivity (Wildman–Crippen MR) is 92.1 cm³/mol. The van der Waals surface area contributed by atoms with Crippen molar-refractivity contribution in [2.75, 3.05) is 13.1 Å². The number of carbonyl (C=O) groups is 1. The Morgan fingerprint density at radius 2 is 1.96 bits per heavy atom. The molecule has 1 aromatic carbocycles. The summed E-state index contributed by atoms with van der Waals surface area (Å²) in [6.07, 6.45) is 8.25. The van der Waals surface area contributed by atoms with E-state index < -0.39 is 0 Å². The standard InChI is InChI=1S/C20H28N2O/c23-19(17-14-20(17)9-11-21-12-10-20)22-18-8-4-7-16(18)13-15-5-2-1-3-6-15/h1-3,5-6,16-18,21H,4,7-14H2,(H,22,23). The molecule has 0 aromatic heterocycles. The van der Waals surface area contributed by atoms with Crippen molar-refractivity contribution in [3.63, 3.8) is 0 Å². The summed E-state index contributed by atoms with van der Waals surface area (Å²) in [5.41, 5.74) is 1.75. The Kier molecular flexibility index (Phi) is 4.14. The fourth-order valence-electron chi connectivity index (χ4n) is 4.87. The Hall–Kier alpha value is -1.35. The molecular formula is C20H28N2O. The van der Waals surface area contributed by atoms with Gasteiger partial charge in [-0.3, -0.25) is 4.79 Å². The Balaban J connectivity index is 1.34. The van der Waals surface area contributed by atoms with Crippen molar-refractivity contribution in [2.45, 2.75) is 51.0 Å². The number of hydrogen-bond donors (Lipinski definition) is 2. The second kappa shape index (κ2) is 6.27. The first-order valence-corrected chi connectivity index (χ1v) is 9.32. The van der Waals surface area contributed by atoms with Gasteiger partial charge in [0.05, 0.1) is 0 Å². The predicted octanol–water partition coefficient (Wildman–Crippen LogP) is 2.90. The summed E-state index contributed by atoms with van der Waals surface area (Å²) in [7, 11) is 0. The molecule has 3 nitrogen and oxygen atoms in total. The molecule has 2 aliphatic carbocycles. The number of piperidine rings is 1. The second-order valence-electron chi connectivity index (χ2n) is 7.86. The summed E-state index contributed by atoms with van der Waals surface area (Å²) in [6, 6.07) is 11.1. The van der Waals surface area contributed by atoms with E-state index in [0.29, 0.717) is 29.2 Å². The SMILES string of the molecule is O=C(NC1CCCC1Cc1ccccc1)C1CC12CCNCC2. The highest BCUT2D eigenvalue weighted by Gasteiger charge is 2.57. The van der Waals surface area contributed by atoms with Crippen LogP contribution in [0.15, 0.2) is 30.3 Å². The molecule has 124 valence electrons. The highest BCUT2D eigenvalue weighted by molar-refractivity contribution is 5.83. The van der Waals surface area contributed by atoms with Crippen LogP contribution in [0.2, 0.25) is 0 Å². The maximum absolute atomic E-state index is 12.7. The van der Waals surface area contributed by atoms with Crippen molar-refractivity contribution in [2.24, 2.45) is 17.3 Å². The molecule has 3 heteroatoms. The lowest BCUT2D eigenvalue weighted by Crippen LogP contribution is -2.40. The fourth-order valence-corrected chi connectivity index (χ4v) is 4.87. The molecule has 23 heavy (non-hydrogen) atoms. The lowest BCUT2D eigenvalue weighted by molar-refractivity contribution is -0.124. The van der Waals surface area contributed by atoms with Gasteiger partial charge in [-0.25, -0.2) is 0 Å². The van der Waals surface area contributed by atoms with E-state index in [1.165, 1.54) is 31.2 Å². The van der Waals surface area contributed by atoms with Gasteiger partial charge >= 0.3 is 0 Å². The molecule has 3 unspecified atom stereocenters. The lowest BCUT2D eigenvalue weighted by Gasteiger charge is -2.25. The number of amides is 1. The van der Waals surface area contributed by atoms with Gasteiger partial charge in [0.15, 0.2) is 0 Å². The van der Waals surface area contributed by atoms with E-state index in [0.717, 1.165) is 32.4 Å². The van der Waals surface area contributed by atoms with Crippen molar-refractivity contribution in [3.8, 4) is 0 Å². The molecule has 3 fully saturated rings. The number of nitrogens with one attached hydrogen (secondary N) is 2. The normalized spacial score (nSPS) is 31.9. The van der Waals surface area contributed by atoms with Crippen molar-refractivity contribution in [1.29, 1.82) is 0 Å². The first-order chi connectivity index (χ1) is 11.3. The summed E-state index contributed by atoms with van der Waals surface area (Å²) < 4.78 is 0. The van der Waals surface area contributed by atoms with Crippen LogP contribution in [0.1, 0.15) is 44.1 Å². The minimum absolute atomic E-state index is 0.294. The van der Waals surface area contributed by atoms with E-state index in [1.807, 2.05) is 0 Å². The van der Waals surface area contributed by atoms with Crippen LogP contribution in [0, 0.1) is 17.3 Å². The van der Waals surface area contributed by atoms with Crippen molar-refractivity contribution in [1.82, 2.24) is 10.6 Å². The van der Waals surface area contributed by atoms with E-state index in [4.69, 9.17) is 0 Å². The summed E-state index contributed by atoms with van der Waals surface area (Å²) in [6.45, 7) is 2.17. The molecule has 0 radical (unpaired) electrons. The van der Waals surface area contributed by atoms with Gasteiger partial charge in [0.25, 0.3) is 0 Å². The molecule has 2 N–H and O–H groups in total. The molecule has 2 saturated carbocycles. The Labute approximate surface area is 139 Å². The van der Waals surface area contributed by atoms with E-state index in [2.05, 4.69) is 41.0 Å². The van der Waals surface area contributed by atoms with E-state index in [-0.39, 0.29) is 0 Å². The Bertz CT molecular complexity index is 550. The van der Waals surface area contributed by atoms with E-state index >= 15 is 0 Å². The van der Waals surface area contributed by atoms with Gasteiger partial charge in [-0.2, -0.15) is 0 Å². The van der Waals surface area contributed by atoms with Crippen LogP contribution in [0.25, 0.3) is 0 Å². The number of hydrogen-bond acceptors (Lipinski definition) is 2. The quantitative estimate of drug-likeness (QED) is 0.897. The van der Waals surface area contributed by atoms with Gasteiger partial charge < -0.3 is 10.6 Å². The van der Waals surface area contributed by atoms with Gasteiger partial charge in [0, 0.05) is 12.0 Å². The minimum Gasteiger partial charge on any atom is -0.353 e. The van der Waals surface area contributed by atoms with Crippen LogP contribution >= 0.6 is 0 Å². The highest BCUT2D eigenvalue weighted by Crippen LogP contribution is 2.58. The van der Waals surface area contributed by atoms with E-state index in [9.17, 15) is 4.79 Å². The Morgan fingerprint density at radius 1 is 1.17 bits per heavy atom. The largest absolute Gasteiger partial charge is 0.353 e. The minimum atomic E-state index is 0.294. The summed E-state index contributed by atoms with van der Waals surface area (Å²) >= 11 is 0. The Morgan fingerprint density at radius 3 is 2.74 bits per heavy atom. The maximum atomic E-state index is 12.7. The molecule has 1 aromatic rings. The smallest absolute Gasteiger partial charge is 0.223 e. The summed E-state index contributed by atoms with van der Waals surface area (Å²) in [5.74, 6) is 1.25. The van der Waals surface area contributed by atoms with Crippen LogP contribution in [0.4, 0.5) is 0 Å². The zero-order valence-electron chi connectivity index (χ0n) is 13.9. The van der Waals surface area contributed by atoms with E-state index in [1.54, 1.807) is 0 Å². The highest BCUT2D eigenvalue weighted by atomic mass is 16.2. The summed E-state index contributed by atoms with van der Waals surface area (Å²) in [5, 5.41) is 6.84. The third kappa shape index (κ3) is 3.16. The number of rotatable bonds is 4. The number of benzene rings is 1. The molecule has 3 aliphatic rings. The lowest BCUT2D eigenvalue weighted by atomic mass is 9.91. The topological polar surface area (TPSA) is 41.1 Å². The van der Waals surface area contributed by atoms with Crippen LogP contribution in [0.5, 0.6) is 0 Å². The van der Waals surface area contributed by atoms with Crippen molar-refractivity contribution in [3.05, 3.63) is 35.9 Å². The molecular weight excluding hydrogens is 284 g/mol. The molecule has 1 saturated heterocycles. The zero-order valence-corrected chi connectivity index (χ0v) is 13.9. The molecule has 4 rings (SSSR count). The van der Waals surface area contributed by atoms with Crippen LogP contribution in [0.3, 0.4) is 0 Å². The van der Waals surface area contributed by atoms with Crippen LogP contribution in [-0.4, -0.2) is 25.0 Å². The van der Waals surface area contributed by atoms with Gasteiger partial charge in [-0.15, -0.1) is 0 Å². The van der Waals surface area contributed by atoms with Gasteiger partial charge in [0.1, 0.15) is 0 Å².